The highest BCUT2D eigenvalue weighted by Crippen LogP contribution is 2.35. The molecule has 2 aromatic carbocycles. The molecule has 33 heavy (non-hydrogen) atoms. The molecule has 0 amide bonds. The second kappa shape index (κ2) is 6.96. The number of rotatable bonds is 4. The van der Waals surface area contributed by atoms with Crippen LogP contribution in [0.1, 0.15) is 18.4 Å². The molecule has 0 saturated heterocycles. The van der Waals surface area contributed by atoms with E-state index >= 15 is 0 Å². The molecule has 1 aliphatic carbocycles. The van der Waals surface area contributed by atoms with Gasteiger partial charge in [0.1, 0.15) is 22.4 Å². The van der Waals surface area contributed by atoms with Crippen molar-refractivity contribution < 1.29 is 13.3 Å². The van der Waals surface area contributed by atoms with Crippen LogP contribution in [-0.4, -0.2) is 30.5 Å². The van der Waals surface area contributed by atoms with E-state index in [1.165, 1.54) is 16.8 Å². The largest absolute Gasteiger partial charge is 0.351 e. The molecule has 1 aliphatic rings. The van der Waals surface area contributed by atoms with E-state index in [-0.39, 0.29) is 17.0 Å². The van der Waals surface area contributed by atoms with Gasteiger partial charge in [-0.15, -0.1) is 5.10 Å². The number of hydrogen-bond acceptors (Lipinski definition) is 6. The molecule has 0 bridgehead atoms. The fourth-order valence-electron chi connectivity index (χ4n) is 4.01. The number of hydrogen-bond donors (Lipinski definition) is 1. The summed E-state index contributed by atoms with van der Waals surface area (Å²) in [7, 11) is 1.54. The zero-order valence-corrected chi connectivity index (χ0v) is 17.8. The topological polar surface area (TPSA) is 90.8 Å². The molecule has 1 saturated carbocycles. The minimum absolute atomic E-state index is 0.160. The third-order valence-corrected chi connectivity index (χ3v) is 5.91. The van der Waals surface area contributed by atoms with Crippen molar-refractivity contribution in [2.75, 3.05) is 5.32 Å². The van der Waals surface area contributed by atoms with Gasteiger partial charge in [-0.25, -0.2) is 18.4 Å². The Kier molecular flexibility index (Phi) is 4.13. The first-order chi connectivity index (χ1) is 15.9. The molecule has 0 spiro atoms. The van der Waals surface area contributed by atoms with Gasteiger partial charge in [-0.1, -0.05) is 17.3 Å². The number of aromatic nitrogens is 5. The van der Waals surface area contributed by atoms with Crippen LogP contribution >= 0.6 is 0 Å². The molecule has 10 heteroatoms. The second-order valence-corrected chi connectivity index (χ2v) is 8.26. The van der Waals surface area contributed by atoms with Crippen LogP contribution in [0.4, 0.5) is 14.7 Å². The summed E-state index contributed by atoms with van der Waals surface area (Å²) in [6, 6.07) is 7.72. The maximum absolute atomic E-state index is 14.3. The SMILES string of the molecule is Cc1ccc2c(NC3CC3)onc2c1-c1nc2cn(-c3c(F)cccc3F)nc2n(C)c1=O. The Morgan fingerprint density at radius 3 is 2.64 bits per heavy atom. The normalized spacial score (nSPS) is 13.8. The molecule has 1 fully saturated rings. The van der Waals surface area contributed by atoms with Crippen molar-refractivity contribution in [2.24, 2.45) is 7.05 Å². The predicted octanol–water partition coefficient (Wildman–Crippen LogP) is 4.09. The van der Waals surface area contributed by atoms with Crippen molar-refractivity contribution in [3.8, 4) is 16.9 Å². The maximum Gasteiger partial charge on any atom is 0.278 e. The smallest absolute Gasteiger partial charge is 0.278 e. The summed E-state index contributed by atoms with van der Waals surface area (Å²) in [5, 5.41) is 12.5. The van der Waals surface area contributed by atoms with E-state index in [0.717, 1.165) is 40.6 Å². The van der Waals surface area contributed by atoms with Gasteiger partial charge in [0.15, 0.2) is 17.3 Å². The van der Waals surface area contributed by atoms with Gasteiger partial charge < -0.3 is 9.84 Å². The lowest BCUT2D eigenvalue weighted by Gasteiger charge is -2.08. The van der Waals surface area contributed by atoms with Crippen molar-refractivity contribution in [1.82, 2.24) is 24.5 Å². The van der Waals surface area contributed by atoms with E-state index in [0.29, 0.717) is 28.5 Å². The van der Waals surface area contributed by atoms with Crippen LogP contribution in [0.2, 0.25) is 0 Å². The summed E-state index contributed by atoms with van der Waals surface area (Å²) >= 11 is 0. The number of anilines is 1. The Labute approximate surface area is 185 Å². The van der Waals surface area contributed by atoms with Crippen LogP contribution in [0.25, 0.3) is 39.0 Å². The highest BCUT2D eigenvalue weighted by Gasteiger charge is 2.26. The van der Waals surface area contributed by atoms with E-state index in [4.69, 9.17) is 4.52 Å². The molecule has 0 unspecified atom stereocenters. The van der Waals surface area contributed by atoms with E-state index in [9.17, 15) is 13.6 Å². The summed E-state index contributed by atoms with van der Waals surface area (Å²) in [4.78, 5) is 17.8. The zero-order valence-electron chi connectivity index (χ0n) is 17.8. The fraction of sp³-hybridized carbons (Fsp3) is 0.217. The summed E-state index contributed by atoms with van der Waals surface area (Å²) < 4.78 is 36.5. The molecular weight excluding hydrogens is 430 g/mol. The third-order valence-electron chi connectivity index (χ3n) is 5.91. The monoisotopic (exact) mass is 448 g/mol. The van der Waals surface area contributed by atoms with Crippen LogP contribution in [0.3, 0.4) is 0 Å². The standard InChI is InChI=1S/C23H18F2N6O2/c1-11-6-9-13-18(29-33-22(13)26-12-7-8-12)17(11)19-23(32)30(2)21-16(27-19)10-31(28-21)20-14(24)4-3-5-15(20)25/h3-6,9-10,12,26H,7-8H2,1-2H3. The molecule has 3 aromatic heterocycles. The Morgan fingerprint density at radius 1 is 1.15 bits per heavy atom. The molecule has 166 valence electrons. The minimum atomic E-state index is -0.771. The Morgan fingerprint density at radius 2 is 1.91 bits per heavy atom. The lowest BCUT2D eigenvalue weighted by Crippen LogP contribution is -2.21. The second-order valence-electron chi connectivity index (χ2n) is 8.26. The van der Waals surface area contributed by atoms with Crippen molar-refractivity contribution in [1.29, 1.82) is 0 Å². The molecule has 6 rings (SSSR count). The van der Waals surface area contributed by atoms with Gasteiger partial charge in [-0.3, -0.25) is 9.36 Å². The number of fused-ring (bicyclic) bond motifs is 2. The molecule has 0 aliphatic heterocycles. The van der Waals surface area contributed by atoms with Crippen molar-refractivity contribution in [2.45, 2.75) is 25.8 Å². The number of halogens is 2. The van der Waals surface area contributed by atoms with Crippen molar-refractivity contribution in [3.05, 3.63) is 64.1 Å². The average Bonchev–Trinajstić information content (AvgIpc) is 3.36. The maximum atomic E-state index is 14.3. The van der Waals surface area contributed by atoms with Crippen LogP contribution in [-0.2, 0) is 7.05 Å². The van der Waals surface area contributed by atoms with Gasteiger partial charge in [0.05, 0.1) is 11.6 Å². The number of benzene rings is 2. The first kappa shape index (κ1) is 19.6. The summed E-state index contributed by atoms with van der Waals surface area (Å²) in [5.74, 6) is -0.978. The van der Waals surface area contributed by atoms with Crippen LogP contribution in [0, 0.1) is 18.6 Å². The van der Waals surface area contributed by atoms with Crippen LogP contribution < -0.4 is 10.9 Å². The van der Waals surface area contributed by atoms with E-state index in [1.807, 2.05) is 19.1 Å². The first-order valence-corrected chi connectivity index (χ1v) is 10.5. The Bertz CT molecular complexity index is 1610. The lowest BCUT2D eigenvalue weighted by molar-refractivity contribution is 0.440. The summed E-state index contributed by atoms with van der Waals surface area (Å²) in [6.07, 6.45) is 3.55. The number of para-hydroxylation sites is 1. The summed E-state index contributed by atoms with van der Waals surface area (Å²) in [6.45, 7) is 1.86. The van der Waals surface area contributed by atoms with Gasteiger partial charge >= 0.3 is 0 Å². The molecule has 0 radical (unpaired) electrons. The molecule has 0 atom stereocenters. The highest BCUT2D eigenvalue weighted by molar-refractivity contribution is 6.00. The Hall–Kier alpha value is -4.08. The van der Waals surface area contributed by atoms with Gasteiger partial charge in [-0.2, -0.15) is 0 Å². The van der Waals surface area contributed by atoms with Crippen LogP contribution in [0.5, 0.6) is 0 Å². The van der Waals surface area contributed by atoms with E-state index in [1.54, 1.807) is 7.05 Å². The van der Waals surface area contributed by atoms with Gasteiger partial charge in [-0.05, 0) is 43.5 Å². The average molecular weight is 448 g/mol. The molecule has 8 nitrogen and oxygen atoms in total. The predicted molar refractivity (Wildman–Crippen MR) is 118 cm³/mol. The van der Waals surface area contributed by atoms with Gasteiger partial charge in [0, 0.05) is 18.7 Å². The summed E-state index contributed by atoms with van der Waals surface area (Å²) in [5.41, 5.74) is 1.80. The van der Waals surface area contributed by atoms with E-state index < -0.39 is 17.2 Å². The van der Waals surface area contributed by atoms with E-state index in [2.05, 4.69) is 20.6 Å². The number of aryl methyl sites for hydroxylation is 2. The Balaban J connectivity index is 1.57. The third kappa shape index (κ3) is 3.01. The highest BCUT2D eigenvalue weighted by atomic mass is 19.1. The molecule has 5 aromatic rings. The zero-order chi connectivity index (χ0) is 22.9. The first-order valence-electron chi connectivity index (χ1n) is 10.5. The molecule has 1 N–H and O–H groups in total. The molecule has 3 heterocycles. The number of nitrogens with zero attached hydrogens (tertiary/aromatic N) is 5. The van der Waals surface area contributed by atoms with Gasteiger partial charge in [0.2, 0.25) is 5.88 Å². The minimum Gasteiger partial charge on any atom is -0.351 e. The lowest BCUT2D eigenvalue weighted by atomic mass is 10.0. The number of nitrogens with one attached hydrogen (secondary N) is 1. The quantitative estimate of drug-likeness (QED) is 0.445. The van der Waals surface area contributed by atoms with Crippen molar-refractivity contribution >= 4 is 28.0 Å². The van der Waals surface area contributed by atoms with Crippen molar-refractivity contribution in [3.63, 3.8) is 0 Å². The van der Waals surface area contributed by atoms with Crippen LogP contribution in [0.15, 0.2) is 45.8 Å². The van der Waals surface area contributed by atoms with Gasteiger partial charge in [0.25, 0.3) is 5.56 Å². The fourth-order valence-corrected chi connectivity index (χ4v) is 4.01. The molecular formula is C23H18F2N6O2.